The highest BCUT2D eigenvalue weighted by Crippen LogP contribution is 2.27. The van der Waals surface area contributed by atoms with E-state index in [9.17, 15) is 0 Å². The summed E-state index contributed by atoms with van der Waals surface area (Å²) in [4.78, 5) is 2.60. The lowest BCUT2D eigenvalue weighted by Crippen LogP contribution is -2.37. The van der Waals surface area contributed by atoms with E-state index in [1.807, 2.05) is 6.07 Å². The molecule has 1 aromatic carbocycles. The van der Waals surface area contributed by atoms with Crippen molar-refractivity contribution in [2.75, 3.05) is 40.4 Å². The Bertz CT molecular complexity index is 457. The van der Waals surface area contributed by atoms with Gasteiger partial charge in [0.05, 0.1) is 14.2 Å². The van der Waals surface area contributed by atoms with Gasteiger partial charge in [-0.3, -0.25) is 0 Å². The van der Waals surface area contributed by atoms with Gasteiger partial charge in [0, 0.05) is 19.1 Å². The van der Waals surface area contributed by atoms with Gasteiger partial charge in [0.2, 0.25) is 0 Å². The fraction of sp³-hybridized carbons (Fsp3) is 0.684. The third-order valence-corrected chi connectivity index (χ3v) is 4.61. The second kappa shape index (κ2) is 9.78. The molecular formula is C19H32N2O2. The zero-order chi connectivity index (χ0) is 16.5. The summed E-state index contributed by atoms with van der Waals surface area (Å²) in [7, 11) is 3.36. The lowest BCUT2D eigenvalue weighted by atomic mass is 10.1. The molecule has 0 amide bonds. The zero-order valence-electron chi connectivity index (χ0n) is 14.9. The third-order valence-electron chi connectivity index (χ3n) is 4.61. The molecule has 1 fully saturated rings. The van der Waals surface area contributed by atoms with Crippen molar-refractivity contribution in [1.82, 2.24) is 10.2 Å². The fourth-order valence-corrected chi connectivity index (χ4v) is 3.26. The summed E-state index contributed by atoms with van der Waals surface area (Å²) in [6, 6.07) is 6.64. The molecular weight excluding hydrogens is 288 g/mol. The number of rotatable bonds is 8. The van der Waals surface area contributed by atoms with Crippen LogP contribution in [0.25, 0.3) is 0 Å². The standard InChI is InChI=1S/C19H32N2O2/c1-16(20-10-13-21-11-6-4-5-7-12-21)14-17-8-9-18(22-2)19(15-17)23-3/h8-9,15-16,20H,4-7,10-14H2,1-3H3. The SMILES string of the molecule is COc1ccc(CC(C)NCCN2CCCCCC2)cc1OC. The first-order valence-corrected chi connectivity index (χ1v) is 8.89. The Morgan fingerprint density at radius 3 is 2.39 bits per heavy atom. The topological polar surface area (TPSA) is 33.7 Å². The zero-order valence-corrected chi connectivity index (χ0v) is 14.9. The van der Waals surface area contributed by atoms with Gasteiger partial charge in [0.1, 0.15) is 0 Å². The van der Waals surface area contributed by atoms with Crippen LogP contribution in [0.2, 0.25) is 0 Å². The molecule has 23 heavy (non-hydrogen) atoms. The quantitative estimate of drug-likeness (QED) is 0.798. The van der Waals surface area contributed by atoms with Crippen molar-refractivity contribution in [3.8, 4) is 11.5 Å². The van der Waals surface area contributed by atoms with E-state index < -0.39 is 0 Å². The van der Waals surface area contributed by atoms with E-state index in [1.54, 1.807) is 14.2 Å². The van der Waals surface area contributed by atoms with Crippen LogP contribution in [0.4, 0.5) is 0 Å². The average molecular weight is 320 g/mol. The number of ether oxygens (including phenoxy) is 2. The van der Waals surface area contributed by atoms with Crippen LogP contribution in [-0.2, 0) is 6.42 Å². The first kappa shape index (κ1) is 18.1. The molecule has 1 atom stereocenters. The summed E-state index contributed by atoms with van der Waals surface area (Å²) < 4.78 is 10.7. The molecule has 130 valence electrons. The van der Waals surface area contributed by atoms with Crippen LogP contribution < -0.4 is 14.8 Å². The van der Waals surface area contributed by atoms with Gasteiger partial charge in [-0.2, -0.15) is 0 Å². The van der Waals surface area contributed by atoms with Crippen LogP contribution in [0.1, 0.15) is 38.2 Å². The van der Waals surface area contributed by atoms with E-state index in [2.05, 4.69) is 29.3 Å². The van der Waals surface area contributed by atoms with Gasteiger partial charge >= 0.3 is 0 Å². The minimum atomic E-state index is 0.458. The minimum Gasteiger partial charge on any atom is -0.493 e. The molecule has 1 aliphatic heterocycles. The highest BCUT2D eigenvalue weighted by molar-refractivity contribution is 5.43. The van der Waals surface area contributed by atoms with Crippen molar-refractivity contribution < 1.29 is 9.47 Å². The van der Waals surface area contributed by atoms with Crippen molar-refractivity contribution in [2.24, 2.45) is 0 Å². The molecule has 0 aliphatic carbocycles. The van der Waals surface area contributed by atoms with Crippen molar-refractivity contribution >= 4 is 0 Å². The molecule has 1 unspecified atom stereocenters. The highest BCUT2D eigenvalue weighted by Gasteiger charge is 2.10. The lowest BCUT2D eigenvalue weighted by molar-refractivity contribution is 0.280. The number of hydrogen-bond acceptors (Lipinski definition) is 4. The predicted octanol–water partition coefficient (Wildman–Crippen LogP) is 3.10. The maximum atomic E-state index is 5.38. The molecule has 1 aromatic rings. The molecule has 0 spiro atoms. The van der Waals surface area contributed by atoms with Crippen molar-refractivity contribution in [3.05, 3.63) is 23.8 Å². The van der Waals surface area contributed by atoms with E-state index in [1.165, 1.54) is 44.3 Å². The van der Waals surface area contributed by atoms with Gasteiger partial charge < -0.3 is 19.7 Å². The van der Waals surface area contributed by atoms with Gasteiger partial charge in [-0.25, -0.2) is 0 Å². The Kier molecular flexibility index (Phi) is 7.69. The van der Waals surface area contributed by atoms with Crippen molar-refractivity contribution in [1.29, 1.82) is 0 Å². The van der Waals surface area contributed by atoms with E-state index >= 15 is 0 Å². The maximum absolute atomic E-state index is 5.38. The normalized spacial score (nSPS) is 17.5. The molecule has 0 aromatic heterocycles. The van der Waals surface area contributed by atoms with Gasteiger partial charge in [0.25, 0.3) is 0 Å². The Morgan fingerprint density at radius 2 is 1.74 bits per heavy atom. The summed E-state index contributed by atoms with van der Waals surface area (Å²) >= 11 is 0. The molecule has 4 nitrogen and oxygen atoms in total. The first-order chi connectivity index (χ1) is 11.2. The molecule has 0 saturated carbocycles. The Labute approximate surface area is 141 Å². The van der Waals surface area contributed by atoms with Crippen LogP contribution in [0, 0.1) is 0 Å². The third kappa shape index (κ3) is 6.04. The Hall–Kier alpha value is -1.26. The second-order valence-electron chi connectivity index (χ2n) is 6.50. The number of hydrogen-bond donors (Lipinski definition) is 1. The molecule has 1 heterocycles. The summed E-state index contributed by atoms with van der Waals surface area (Å²) in [5.74, 6) is 1.60. The monoisotopic (exact) mass is 320 g/mol. The van der Waals surface area contributed by atoms with Crippen LogP contribution in [0.3, 0.4) is 0 Å². The predicted molar refractivity (Wildman–Crippen MR) is 95.6 cm³/mol. The van der Waals surface area contributed by atoms with Crippen molar-refractivity contribution in [2.45, 2.75) is 45.1 Å². The second-order valence-corrected chi connectivity index (χ2v) is 6.50. The van der Waals surface area contributed by atoms with E-state index in [0.717, 1.165) is 31.0 Å². The van der Waals surface area contributed by atoms with E-state index in [0.29, 0.717) is 6.04 Å². The minimum absolute atomic E-state index is 0.458. The molecule has 1 aliphatic rings. The summed E-state index contributed by atoms with van der Waals surface area (Å²) in [5.41, 5.74) is 1.28. The van der Waals surface area contributed by atoms with Gasteiger partial charge in [-0.15, -0.1) is 0 Å². The van der Waals surface area contributed by atoms with Gasteiger partial charge in [-0.1, -0.05) is 18.9 Å². The van der Waals surface area contributed by atoms with Crippen molar-refractivity contribution in [3.63, 3.8) is 0 Å². The van der Waals surface area contributed by atoms with Crippen LogP contribution in [-0.4, -0.2) is 51.3 Å². The Morgan fingerprint density at radius 1 is 1.04 bits per heavy atom. The lowest BCUT2D eigenvalue weighted by Gasteiger charge is -2.22. The summed E-state index contributed by atoms with van der Waals surface area (Å²) in [6.45, 7) is 7.02. The number of likely N-dealkylation sites (tertiary alicyclic amines) is 1. The average Bonchev–Trinajstić information content (AvgIpc) is 2.83. The van der Waals surface area contributed by atoms with E-state index in [-0.39, 0.29) is 0 Å². The number of nitrogens with zero attached hydrogens (tertiary/aromatic N) is 1. The fourth-order valence-electron chi connectivity index (χ4n) is 3.26. The molecule has 2 rings (SSSR count). The number of nitrogens with one attached hydrogen (secondary N) is 1. The van der Waals surface area contributed by atoms with E-state index in [4.69, 9.17) is 9.47 Å². The summed E-state index contributed by atoms with van der Waals surface area (Å²) in [5, 5.41) is 3.65. The van der Waals surface area contributed by atoms with Crippen LogP contribution >= 0.6 is 0 Å². The summed E-state index contributed by atoms with van der Waals surface area (Å²) in [6.07, 6.45) is 6.53. The number of benzene rings is 1. The number of methoxy groups -OCH3 is 2. The molecule has 1 N–H and O–H groups in total. The van der Waals surface area contributed by atoms with Crippen LogP contribution in [0.15, 0.2) is 18.2 Å². The van der Waals surface area contributed by atoms with Gasteiger partial charge in [0.15, 0.2) is 11.5 Å². The van der Waals surface area contributed by atoms with Gasteiger partial charge in [-0.05, 0) is 57.0 Å². The molecule has 1 saturated heterocycles. The molecule has 0 radical (unpaired) electrons. The smallest absolute Gasteiger partial charge is 0.160 e. The first-order valence-electron chi connectivity index (χ1n) is 8.89. The largest absolute Gasteiger partial charge is 0.493 e. The highest BCUT2D eigenvalue weighted by atomic mass is 16.5. The molecule has 4 heteroatoms. The molecule has 0 bridgehead atoms. The van der Waals surface area contributed by atoms with Crippen LogP contribution in [0.5, 0.6) is 11.5 Å². The Balaban J connectivity index is 1.74. The maximum Gasteiger partial charge on any atom is 0.160 e.